The number of nitrogens with zero attached hydrogens (tertiary/aromatic N) is 1. The zero-order valence-electron chi connectivity index (χ0n) is 14.4. The molecule has 0 bridgehead atoms. The predicted molar refractivity (Wildman–Crippen MR) is 87.7 cm³/mol. The van der Waals surface area contributed by atoms with Crippen molar-refractivity contribution >= 4 is 12.1 Å². The Morgan fingerprint density at radius 3 is 2.68 bits per heavy atom. The second-order valence-electron chi connectivity index (χ2n) is 6.94. The van der Waals surface area contributed by atoms with Gasteiger partial charge in [0.15, 0.2) is 5.79 Å². The molecular weight excluding hydrogens is 326 g/mol. The maximum absolute atomic E-state index is 12.4. The zero-order chi connectivity index (χ0) is 18.0. The topological polar surface area (TPSA) is 85.3 Å². The largest absolute Gasteiger partial charge is 0.481 e. The number of rotatable bonds is 3. The molecule has 2 saturated heterocycles. The van der Waals surface area contributed by atoms with E-state index in [1.54, 1.807) is 13.8 Å². The third-order valence-electron chi connectivity index (χ3n) is 4.58. The molecule has 1 aromatic carbocycles. The van der Waals surface area contributed by atoms with E-state index in [0.717, 1.165) is 5.56 Å². The van der Waals surface area contributed by atoms with E-state index in [2.05, 4.69) is 0 Å². The first-order valence-corrected chi connectivity index (χ1v) is 8.36. The Balaban J connectivity index is 1.65. The van der Waals surface area contributed by atoms with Gasteiger partial charge in [0.05, 0.1) is 12.7 Å². The van der Waals surface area contributed by atoms with Crippen LogP contribution in [0.1, 0.15) is 19.4 Å². The first-order chi connectivity index (χ1) is 11.9. The van der Waals surface area contributed by atoms with Crippen LogP contribution in [-0.4, -0.2) is 53.7 Å². The lowest BCUT2D eigenvalue weighted by atomic mass is 9.85. The zero-order valence-corrected chi connectivity index (χ0v) is 14.4. The van der Waals surface area contributed by atoms with Gasteiger partial charge in [-0.3, -0.25) is 4.79 Å². The van der Waals surface area contributed by atoms with E-state index in [9.17, 15) is 14.7 Å². The van der Waals surface area contributed by atoms with Crippen LogP contribution in [0.2, 0.25) is 0 Å². The highest BCUT2D eigenvalue weighted by molar-refractivity contribution is 5.74. The van der Waals surface area contributed by atoms with Crippen LogP contribution in [0.3, 0.4) is 0 Å². The van der Waals surface area contributed by atoms with Gasteiger partial charge >= 0.3 is 12.1 Å². The lowest BCUT2D eigenvalue weighted by Gasteiger charge is -2.48. The molecule has 0 aromatic heterocycles. The second-order valence-corrected chi connectivity index (χ2v) is 6.94. The summed E-state index contributed by atoms with van der Waals surface area (Å²) in [7, 11) is 0. The summed E-state index contributed by atoms with van der Waals surface area (Å²) in [6.07, 6.45) is -0.988. The lowest BCUT2D eigenvalue weighted by molar-refractivity contribution is -0.309. The van der Waals surface area contributed by atoms with E-state index in [-0.39, 0.29) is 19.1 Å². The summed E-state index contributed by atoms with van der Waals surface area (Å²) < 4.78 is 16.8. The highest BCUT2D eigenvalue weighted by Crippen LogP contribution is 2.35. The number of benzene rings is 1. The summed E-state index contributed by atoms with van der Waals surface area (Å²) in [5.41, 5.74) is 0.881. The van der Waals surface area contributed by atoms with Crippen LogP contribution in [0.4, 0.5) is 4.79 Å². The molecule has 0 spiro atoms. The highest BCUT2D eigenvalue weighted by Gasteiger charge is 2.48. The number of ether oxygens (including phenoxy) is 3. The van der Waals surface area contributed by atoms with Crippen molar-refractivity contribution in [3.05, 3.63) is 35.9 Å². The van der Waals surface area contributed by atoms with Crippen molar-refractivity contribution in [1.29, 1.82) is 0 Å². The van der Waals surface area contributed by atoms with E-state index in [1.807, 2.05) is 30.3 Å². The first kappa shape index (κ1) is 17.7. The quantitative estimate of drug-likeness (QED) is 0.899. The van der Waals surface area contributed by atoms with Crippen molar-refractivity contribution in [2.45, 2.75) is 32.3 Å². The molecule has 2 aliphatic rings. The number of fused-ring (bicyclic) bond motifs is 1. The Hall–Kier alpha value is -2.12. The first-order valence-electron chi connectivity index (χ1n) is 8.36. The average Bonchev–Trinajstić information content (AvgIpc) is 2.58. The SMILES string of the molecule is CC1(C)OC[C@H]2CN(C(=O)OCc3ccccc3)C[C@@H](C(=O)O)[C@H]2O1. The monoisotopic (exact) mass is 349 g/mol. The smallest absolute Gasteiger partial charge is 0.410 e. The maximum atomic E-state index is 12.4. The van der Waals surface area contributed by atoms with Crippen LogP contribution in [0.5, 0.6) is 0 Å². The molecule has 7 heteroatoms. The van der Waals surface area contributed by atoms with Crippen molar-refractivity contribution < 1.29 is 28.9 Å². The summed E-state index contributed by atoms with van der Waals surface area (Å²) in [6.45, 7) is 4.47. The minimum Gasteiger partial charge on any atom is -0.481 e. The molecule has 7 nitrogen and oxygen atoms in total. The Morgan fingerprint density at radius 2 is 2.00 bits per heavy atom. The van der Waals surface area contributed by atoms with E-state index in [0.29, 0.717) is 13.2 Å². The number of carboxylic acids is 1. The fraction of sp³-hybridized carbons (Fsp3) is 0.556. The standard InChI is InChI=1S/C18H23NO6/c1-18(2)24-11-13-8-19(9-14(16(20)21)15(13)25-18)17(22)23-10-12-6-4-3-5-7-12/h3-7,13-15H,8-11H2,1-2H3,(H,20,21)/t13-,14-,15+/m1/s1. The summed E-state index contributed by atoms with van der Waals surface area (Å²) in [5, 5.41) is 9.56. The number of piperidine rings is 1. The molecule has 1 amide bonds. The number of hydrogen-bond donors (Lipinski definition) is 1. The molecular formula is C18H23NO6. The van der Waals surface area contributed by atoms with Gasteiger partial charge < -0.3 is 24.2 Å². The predicted octanol–water partition coefficient (Wildman–Crippen LogP) is 2.11. The molecule has 25 heavy (non-hydrogen) atoms. The van der Waals surface area contributed by atoms with Gasteiger partial charge in [-0.15, -0.1) is 0 Å². The molecule has 2 heterocycles. The third-order valence-corrected chi connectivity index (χ3v) is 4.58. The van der Waals surface area contributed by atoms with E-state index in [4.69, 9.17) is 14.2 Å². The molecule has 0 aliphatic carbocycles. The number of hydrogen-bond acceptors (Lipinski definition) is 5. The molecule has 3 rings (SSSR count). The lowest BCUT2D eigenvalue weighted by Crippen LogP contribution is -2.60. The van der Waals surface area contributed by atoms with E-state index >= 15 is 0 Å². The molecule has 2 aliphatic heterocycles. The van der Waals surface area contributed by atoms with Gasteiger partial charge in [0.2, 0.25) is 0 Å². The number of likely N-dealkylation sites (tertiary alicyclic amines) is 1. The molecule has 0 saturated carbocycles. The summed E-state index contributed by atoms with van der Waals surface area (Å²) in [6, 6.07) is 9.36. The van der Waals surface area contributed by atoms with Crippen molar-refractivity contribution in [1.82, 2.24) is 4.90 Å². The van der Waals surface area contributed by atoms with E-state index < -0.39 is 29.9 Å². The minimum absolute atomic E-state index is 0.0696. The second kappa shape index (κ2) is 7.01. The Morgan fingerprint density at radius 1 is 1.28 bits per heavy atom. The summed E-state index contributed by atoms with van der Waals surface area (Å²) >= 11 is 0. The van der Waals surface area contributed by atoms with Crippen LogP contribution in [0, 0.1) is 11.8 Å². The van der Waals surface area contributed by atoms with Crippen LogP contribution in [-0.2, 0) is 25.6 Å². The molecule has 3 atom stereocenters. The van der Waals surface area contributed by atoms with Crippen LogP contribution < -0.4 is 0 Å². The van der Waals surface area contributed by atoms with Crippen LogP contribution in [0.15, 0.2) is 30.3 Å². The Labute approximate surface area is 146 Å². The van der Waals surface area contributed by atoms with Gasteiger partial charge in [-0.1, -0.05) is 30.3 Å². The van der Waals surface area contributed by atoms with Crippen LogP contribution in [0.25, 0.3) is 0 Å². The van der Waals surface area contributed by atoms with Gasteiger partial charge in [0.1, 0.15) is 12.5 Å². The third kappa shape index (κ3) is 4.11. The van der Waals surface area contributed by atoms with Gasteiger partial charge in [-0.25, -0.2) is 4.79 Å². The number of carbonyl (C=O) groups is 2. The number of aliphatic carboxylic acids is 1. The Kier molecular flexibility index (Phi) is 4.96. The fourth-order valence-corrected chi connectivity index (χ4v) is 3.31. The van der Waals surface area contributed by atoms with Gasteiger partial charge in [-0.05, 0) is 19.4 Å². The van der Waals surface area contributed by atoms with Crippen molar-refractivity contribution in [2.24, 2.45) is 11.8 Å². The van der Waals surface area contributed by atoms with Crippen molar-refractivity contribution in [2.75, 3.05) is 19.7 Å². The molecule has 1 aromatic rings. The van der Waals surface area contributed by atoms with Gasteiger partial charge in [0.25, 0.3) is 0 Å². The molecule has 2 fully saturated rings. The fourth-order valence-electron chi connectivity index (χ4n) is 3.31. The number of carbonyl (C=O) groups excluding carboxylic acids is 1. The molecule has 136 valence electrons. The minimum atomic E-state index is -0.978. The molecule has 0 radical (unpaired) electrons. The average molecular weight is 349 g/mol. The normalized spacial score (nSPS) is 28.1. The number of amides is 1. The highest BCUT2D eigenvalue weighted by atomic mass is 16.7. The van der Waals surface area contributed by atoms with E-state index in [1.165, 1.54) is 4.90 Å². The molecule has 0 unspecified atom stereocenters. The van der Waals surface area contributed by atoms with Crippen molar-refractivity contribution in [3.63, 3.8) is 0 Å². The van der Waals surface area contributed by atoms with Gasteiger partial charge in [0, 0.05) is 19.0 Å². The Bertz CT molecular complexity index is 632. The summed E-state index contributed by atoms with van der Waals surface area (Å²) in [5.74, 6) is -2.78. The van der Waals surface area contributed by atoms with Crippen LogP contribution >= 0.6 is 0 Å². The molecule has 1 N–H and O–H groups in total. The number of carboxylic acid groups (broad SMARTS) is 1. The van der Waals surface area contributed by atoms with Gasteiger partial charge in [-0.2, -0.15) is 0 Å². The maximum Gasteiger partial charge on any atom is 0.410 e. The summed E-state index contributed by atoms with van der Waals surface area (Å²) in [4.78, 5) is 25.5. The van der Waals surface area contributed by atoms with Crippen molar-refractivity contribution in [3.8, 4) is 0 Å².